The summed E-state index contributed by atoms with van der Waals surface area (Å²) >= 11 is 1.10. The minimum absolute atomic E-state index is 0.0867. The Morgan fingerprint density at radius 3 is 2.73 bits per heavy atom. The summed E-state index contributed by atoms with van der Waals surface area (Å²) < 4.78 is 27.6. The van der Waals surface area contributed by atoms with Crippen molar-refractivity contribution in [2.45, 2.75) is 51.6 Å². The summed E-state index contributed by atoms with van der Waals surface area (Å²) in [6, 6.07) is 9.53. The molecule has 1 saturated heterocycles. The first kappa shape index (κ1) is 20.6. The van der Waals surface area contributed by atoms with Crippen molar-refractivity contribution in [2.24, 2.45) is 0 Å². The van der Waals surface area contributed by atoms with Gasteiger partial charge in [-0.1, -0.05) is 41.7 Å². The molecule has 30 heavy (non-hydrogen) atoms. The fourth-order valence-electron chi connectivity index (χ4n) is 3.92. The Bertz CT molecular complexity index is 1110. The Kier molecular flexibility index (Phi) is 5.90. The van der Waals surface area contributed by atoms with Crippen LogP contribution in [0.5, 0.6) is 0 Å². The maximum atomic E-state index is 13.3. The van der Waals surface area contributed by atoms with E-state index in [2.05, 4.69) is 9.97 Å². The Balaban J connectivity index is 1.60. The summed E-state index contributed by atoms with van der Waals surface area (Å²) in [5, 5.41) is 0.499. The third kappa shape index (κ3) is 3.86. The number of carbonyl (C=O) groups excluding carboxylic acids is 1. The van der Waals surface area contributed by atoms with Gasteiger partial charge in [0, 0.05) is 19.5 Å². The Morgan fingerprint density at radius 2 is 2.03 bits per heavy atom. The topological polar surface area (TPSA) is 68.1 Å². The quantitative estimate of drug-likeness (QED) is 0.565. The van der Waals surface area contributed by atoms with Crippen LogP contribution in [0.2, 0.25) is 0 Å². The molecule has 3 heterocycles. The van der Waals surface area contributed by atoms with E-state index in [1.807, 2.05) is 35.2 Å². The number of anilines is 1. The number of aromatic nitrogens is 3. The molecule has 2 aromatic heterocycles. The highest BCUT2D eigenvalue weighted by Gasteiger charge is 2.33. The van der Waals surface area contributed by atoms with E-state index < -0.39 is 17.8 Å². The van der Waals surface area contributed by atoms with Gasteiger partial charge in [0.15, 0.2) is 27.1 Å². The van der Waals surface area contributed by atoms with Gasteiger partial charge in [-0.25, -0.2) is 18.7 Å². The molecule has 0 unspecified atom stereocenters. The van der Waals surface area contributed by atoms with E-state index in [-0.39, 0.29) is 28.7 Å². The molecule has 1 aliphatic heterocycles. The number of thiazole rings is 1. The molecule has 1 aliphatic rings. The zero-order valence-corrected chi connectivity index (χ0v) is 17.4. The van der Waals surface area contributed by atoms with Gasteiger partial charge in [0.05, 0.1) is 6.04 Å². The van der Waals surface area contributed by atoms with E-state index >= 15 is 0 Å². The lowest BCUT2D eigenvalue weighted by Gasteiger charge is -2.22. The van der Waals surface area contributed by atoms with Crippen molar-refractivity contribution >= 4 is 32.6 Å². The number of nitrogens with zero attached hydrogens (tertiary/aromatic N) is 4. The van der Waals surface area contributed by atoms with Gasteiger partial charge in [0.1, 0.15) is 0 Å². The van der Waals surface area contributed by atoms with E-state index in [0.29, 0.717) is 24.5 Å². The number of rotatable bonds is 7. The van der Waals surface area contributed by atoms with Crippen molar-refractivity contribution in [3.8, 4) is 0 Å². The molecular weight excluding hydrogens is 410 g/mol. The Labute approximate surface area is 176 Å². The van der Waals surface area contributed by atoms with Crippen LogP contribution in [0.3, 0.4) is 0 Å². The first-order valence-electron chi connectivity index (χ1n) is 10.0. The first-order chi connectivity index (χ1) is 14.5. The van der Waals surface area contributed by atoms with Crippen LogP contribution in [0.1, 0.15) is 44.0 Å². The fraction of sp³-hybridized carbons (Fsp3) is 0.429. The zero-order valence-electron chi connectivity index (χ0n) is 16.6. The van der Waals surface area contributed by atoms with E-state index in [1.54, 1.807) is 6.92 Å². The molecule has 0 saturated carbocycles. The molecule has 0 aliphatic carbocycles. The summed E-state index contributed by atoms with van der Waals surface area (Å²) in [5.74, 6) is -0.412. The van der Waals surface area contributed by atoms with Gasteiger partial charge in [-0.05, 0) is 31.7 Å². The second kappa shape index (κ2) is 8.59. The average molecular weight is 432 g/mol. The minimum atomic E-state index is -2.84. The lowest BCUT2D eigenvalue weighted by atomic mass is 10.0. The molecule has 1 aromatic carbocycles. The van der Waals surface area contributed by atoms with Crippen molar-refractivity contribution in [2.75, 3.05) is 11.4 Å². The lowest BCUT2D eigenvalue weighted by Crippen LogP contribution is -2.36. The number of fused-ring (bicyclic) bond motifs is 1. The highest BCUT2D eigenvalue weighted by Crippen LogP contribution is 2.33. The zero-order chi connectivity index (χ0) is 21.3. The number of hydrogen-bond donors (Lipinski definition) is 0. The van der Waals surface area contributed by atoms with E-state index in [9.17, 15) is 18.4 Å². The van der Waals surface area contributed by atoms with Crippen LogP contribution in [-0.4, -0.2) is 32.9 Å². The van der Waals surface area contributed by atoms with Crippen LogP contribution in [-0.2, 0) is 17.8 Å². The molecule has 0 N–H and O–H groups in total. The minimum Gasteiger partial charge on any atom is -0.338 e. The third-order valence-corrected chi connectivity index (χ3v) is 6.41. The van der Waals surface area contributed by atoms with Crippen molar-refractivity contribution in [3.63, 3.8) is 0 Å². The van der Waals surface area contributed by atoms with Gasteiger partial charge < -0.3 is 4.90 Å². The second-order valence-corrected chi connectivity index (χ2v) is 8.23. The number of hydrogen-bond acceptors (Lipinski definition) is 6. The Hall–Kier alpha value is -2.68. The van der Waals surface area contributed by atoms with Crippen molar-refractivity contribution in [1.29, 1.82) is 0 Å². The number of halogens is 2. The maximum Gasteiger partial charge on any atom is 0.295 e. The molecule has 3 aromatic rings. The van der Waals surface area contributed by atoms with Gasteiger partial charge in [0.25, 0.3) is 12.0 Å². The van der Waals surface area contributed by atoms with Crippen LogP contribution in [0.25, 0.3) is 10.3 Å². The number of Topliss-reactive ketones (excluding diaryl/α,β-unsaturated/α-hetero) is 1. The molecule has 4 rings (SSSR count). The summed E-state index contributed by atoms with van der Waals surface area (Å²) in [4.78, 5) is 36.0. The fourth-order valence-corrected chi connectivity index (χ4v) is 4.93. The number of benzene rings is 1. The van der Waals surface area contributed by atoms with Gasteiger partial charge >= 0.3 is 0 Å². The molecule has 0 bridgehead atoms. The van der Waals surface area contributed by atoms with E-state index in [1.165, 1.54) is 0 Å². The van der Waals surface area contributed by atoms with Crippen LogP contribution < -0.4 is 10.5 Å². The van der Waals surface area contributed by atoms with E-state index in [4.69, 9.17) is 0 Å². The molecule has 0 spiro atoms. The predicted octanol–water partition coefficient (Wildman–Crippen LogP) is 3.98. The average Bonchev–Trinajstić information content (AvgIpc) is 3.39. The van der Waals surface area contributed by atoms with Crippen LogP contribution in [0.15, 0.2) is 35.1 Å². The van der Waals surface area contributed by atoms with Crippen LogP contribution in [0, 0.1) is 0 Å². The predicted molar refractivity (Wildman–Crippen MR) is 112 cm³/mol. The molecule has 9 heteroatoms. The Morgan fingerprint density at radius 1 is 1.27 bits per heavy atom. The largest absolute Gasteiger partial charge is 0.338 e. The molecule has 1 fully saturated rings. The third-order valence-electron chi connectivity index (χ3n) is 5.42. The molecule has 0 amide bonds. The van der Waals surface area contributed by atoms with Gasteiger partial charge in [-0.3, -0.25) is 14.2 Å². The summed E-state index contributed by atoms with van der Waals surface area (Å²) in [5.41, 5.74) is 0.634. The molecule has 158 valence electrons. The smallest absolute Gasteiger partial charge is 0.295 e. The highest BCUT2D eigenvalue weighted by atomic mass is 32.1. The maximum absolute atomic E-state index is 13.3. The van der Waals surface area contributed by atoms with Crippen molar-refractivity contribution < 1.29 is 13.6 Å². The molecular formula is C21H22F2N4O2S. The number of carbonyl (C=O) groups is 1. The van der Waals surface area contributed by atoms with Gasteiger partial charge in [-0.2, -0.15) is 0 Å². The van der Waals surface area contributed by atoms with Crippen LogP contribution >= 0.6 is 11.3 Å². The number of aryl methyl sites for hydroxylation is 1. The first-order valence-corrected chi connectivity index (χ1v) is 10.8. The normalized spacial score (nSPS) is 16.7. The molecule has 6 nitrogen and oxygen atoms in total. The lowest BCUT2D eigenvalue weighted by molar-refractivity contribution is -0.120. The number of alkyl halides is 2. The number of ketones is 1. The molecule has 0 radical (unpaired) electrons. The standard InChI is InChI=1S/C21H22F2N4O2S/c1-2-26-18(17(22)23)25-19-16(20(26)29)24-21(30-19)27-12-6-9-14(27)15(28)11-10-13-7-4-3-5-8-13/h3-5,7-8,14,17H,2,6,9-12H2,1H3/t14-/m1/s1. The van der Waals surface area contributed by atoms with E-state index in [0.717, 1.165) is 34.3 Å². The summed E-state index contributed by atoms with van der Waals surface area (Å²) in [6.45, 7) is 2.36. The van der Waals surface area contributed by atoms with Crippen LogP contribution in [0.4, 0.5) is 13.9 Å². The SMILES string of the molecule is CCn1c(C(F)F)nc2sc(N3CCC[C@@H]3C(=O)CCc3ccccc3)nc2c1=O. The summed E-state index contributed by atoms with van der Waals surface area (Å²) in [7, 11) is 0. The molecule has 1 atom stereocenters. The monoisotopic (exact) mass is 432 g/mol. The second-order valence-electron chi connectivity index (χ2n) is 7.27. The van der Waals surface area contributed by atoms with Crippen molar-refractivity contribution in [3.05, 3.63) is 52.1 Å². The van der Waals surface area contributed by atoms with Gasteiger partial charge in [-0.15, -0.1) is 0 Å². The summed E-state index contributed by atoms with van der Waals surface area (Å²) in [6.07, 6.45) is -0.186. The van der Waals surface area contributed by atoms with Gasteiger partial charge in [0.2, 0.25) is 0 Å². The highest BCUT2D eigenvalue weighted by molar-refractivity contribution is 7.21. The van der Waals surface area contributed by atoms with Crippen molar-refractivity contribution in [1.82, 2.24) is 14.5 Å².